The molecule has 0 radical (unpaired) electrons. The molecule has 0 saturated carbocycles. The standard InChI is InChI=1S/C15H26N4O2/c1-4-17-15(20)12-5-6-14(13(16)11-12)18-7-8-19(2)9-10-21-3/h5-6,11,18H,4,7-10,16H2,1-3H3,(H,17,20). The largest absolute Gasteiger partial charge is 0.397 e. The summed E-state index contributed by atoms with van der Waals surface area (Å²) in [5.74, 6) is -0.102. The van der Waals surface area contributed by atoms with Gasteiger partial charge in [-0.3, -0.25) is 4.79 Å². The zero-order valence-electron chi connectivity index (χ0n) is 13.1. The molecule has 4 N–H and O–H groups in total. The van der Waals surface area contributed by atoms with E-state index in [0.717, 1.165) is 31.9 Å². The van der Waals surface area contributed by atoms with Crippen LogP contribution in [0.4, 0.5) is 11.4 Å². The number of hydrogen-bond acceptors (Lipinski definition) is 5. The molecule has 0 atom stereocenters. The van der Waals surface area contributed by atoms with Crippen molar-refractivity contribution in [1.82, 2.24) is 10.2 Å². The number of likely N-dealkylation sites (N-methyl/N-ethyl adjacent to an activating group) is 1. The summed E-state index contributed by atoms with van der Waals surface area (Å²) in [5.41, 5.74) is 7.99. The number of nitrogens with two attached hydrogens (primary N) is 1. The first-order chi connectivity index (χ1) is 10.1. The van der Waals surface area contributed by atoms with Gasteiger partial charge in [-0.2, -0.15) is 0 Å². The average molecular weight is 294 g/mol. The molecule has 0 aliphatic heterocycles. The summed E-state index contributed by atoms with van der Waals surface area (Å²) in [4.78, 5) is 13.9. The first-order valence-electron chi connectivity index (χ1n) is 7.17. The number of ether oxygens (including phenoxy) is 1. The van der Waals surface area contributed by atoms with Crippen LogP contribution in [0.5, 0.6) is 0 Å². The summed E-state index contributed by atoms with van der Waals surface area (Å²) in [6.07, 6.45) is 0. The Hall–Kier alpha value is -1.79. The minimum atomic E-state index is -0.102. The summed E-state index contributed by atoms with van der Waals surface area (Å²) >= 11 is 0. The molecule has 0 aliphatic rings. The number of nitrogen functional groups attached to an aromatic ring is 1. The lowest BCUT2D eigenvalue weighted by atomic mass is 10.1. The van der Waals surface area contributed by atoms with Gasteiger partial charge in [-0.05, 0) is 32.2 Å². The van der Waals surface area contributed by atoms with E-state index in [1.807, 2.05) is 20.0 Å². The molecule has 0 unspecified atom stereocenters. The highest BCUT2D eigenvalue weighted by Gasteiger charge is 2.07. The van der Waals surface area contributed by atoms with E-state index in [9.17, 15) is 4.79 Å². The third-order valence-electron chi connectivity index (χ3n) is 3.14. The van der Waals surface area contributed by atoms with Crippen LogP contribution in [0.2, 0.25) is 0 Å². The van der Waals surface area contributed by atoms with Crippen molar-refractivity contribution in [1.29, 1.82) is 0 Å². The van der Waals surface area contributed by atoms with Crippen molar-refractivity contribution in [3.8, 4) is 0 Å². The average Bonchev–Trinajstić information content (AvgIpc) is 2.47. The first-order valence-corrected chi connectivity index (χ1v) is 7.17. The fourth-order valence-corrected chi connectivity index (χ4v) is 1.87. The Balaban J connectivity index is 2.47. The lowest BCUT2D eigenvalue weighted by Crippen LogP contribution is -2.28. The van der Waals surface area contributed by atoms with Crippen LogP contribution >= 0.6 is 0 Å². The number of carbonyl (C=O) groups is 1. The predicted molar refractivity (Wildman–Crippen MR) is 86.7 cm³/mol. The summed E-state index contributed by atoms with van der Waals surface area (Å²) in [7, 11) is 3.74. The van der Waals surface area contributed by atoms with E-state index in [1.54, 1.807) is 19.2 Å². The van der Waals surface area contributed by atoms with E-state index in [-0.39, 0.29) is 5.91 Å². The molecule has 0 fully saturated rings. The van der Waals surface area contributed by atoms with Gasteiger partial charge in [-0.1, -0.05) is 0 Å². The fraction of sp³-hybridized carbons (Fsp3) is 0.533. The van der Waals surface area contributed by atoms with Crippen LogP contribution in [0.1, 0.15) is 17.3 Å². The second-order valence-corrected chi connectivity index (χ2v) is 4.88. The van der Waals surface area contributed by atoms with E-state index < -0.39 is 0 Å². The molecule has 0 aliphatic carbocycles. The third kappa shape index (κ3) is 6.01. The second-order valence-electron chi connectivity index (χ2n) is 4.88. The minimum absolute atomic E-state index is 0.102. The monoisotopic (exact) mass is 294 g/mol. The van der Waals surface area contributed by atoms with Crippen molar-refractivity contribution in [3.63, 3.8) is 0 Å². The summed E-state index contributed by atoms with van der Waals surface area (Å²) in [6.45, 7) is 5.78. The van der Waals surface area contributed by atoms with Crippen LogP contribution in [0, 0.1) is 0 Å². The van der Waals surface area contributed by atoms with Gasteiger partial charge in [0, 0.05) is 38.9 Å². The van der Waals surface area contributed by atoms with Gasteiger partial charge in [-0.15, -0.1) is 0 Å². The quantitative estimate of drug-likeness (QED) is 0.592. The van der Waals surface area contributed by atoms with Crippen LogP contribution in [-0.4, -0.2) is 57.8 Å². The van der Waals surface area contributed by atoms with Crippen molar-refractivity contribution >= 4 is 17.3 Å². The van der Waals surface area contributed by atoms with Crippen LogP contribution in [0.3, 0.4) is 0 Å². The molecule has 0 aromatic heterocycles. The number of nitrogens with one attached hydrogen (secondary N) is 2. The number of carbonyl (C=O) groups excluding carboxylic acids is 1. The highest BCUT2D eigenvalue weighted by Crippen LogP contribution is 2.19. The first kappa shape index (κ1) is 17.3. The summed E-state index contributed by atoms with van der Waals surface area (Å²) < 4.78 is 5.03. The van der Waals surface area contributed by atoms with Gasteiger partial charge in [0.25, 0.3) is 5.91 Å². The van der Waals surface area contributed by atoms with E-state index in [2.05, 4.69) is 15.5 Å². The summed E-state index contributed by atoms with van der Waals surface area (Å²) in [6, 6.07) is 5.31. The molecular formula is C15H26N4O2. The molecule has 0 saturated heterocycles. The highest BCUT2D eigenvalue weighted by molar-refractivity contribution is 5.96. The second kappa shape index (κ2) is 9.20. The molecule has 1 aromatic rings. The van der Waals surface area contributed by atoms with Crippen molar-refractivity contribution in [2.75, 3.05) is 58.0 Å². The predicted octanol–water partition coefficient (Wildman–Crippen LogP) is 1.01. The molecule has 1 amide bonds. The number of methoxy groups -OCH3 is 1. The number of benzene rings is 1. The van der Waals surface area contributed by atoms with E-state index >= 15 is 0 Å². The molecule has 118 valence electrons. The Morgan fingerprint density at radius 1 is 1.38 bits per heavy atom. The normalized spacial score (nSPS) is 10.7. The smallest absolute Gasteiger partial charge is 0.251 e. The van der Waals surface area contributed by atoms with Gasteiger partial charge in [0.05, 0.1) is 18.0 Å². The maximum Gasteiger partial charge on any atom is 0.251 e. The number of nitrogens with zero attached hydrogens (tertiary/aromatic N) is 1. The van der Waals surface area contributed by atoms with Crippen LogP contribution in [0.15, 0.2) is 18.2 Å². The lowest BCUT2D eigenvalue weighted by Gasteiger charge is -2.17. The van der Waals surface area contributed by atoms with Crippen molar-refractivity contribution < 1.29 is 9.53 Å². The van der Waals surface area contributed by atoms with Gasteiger partial charge in [-0.25, -0.2) is 0 Å². The molecule has 0 heterocycles. The molecule has 0 spiro atoms. The lowest BCUT2D eigenvalue weighted by molar-refractivity contribution is 0.0956. The van der Waals surface area contributed by atoms with Gasteiger partial charge >= 0.3 is 0 Å². The number of rotatable bonds is 9. The molecule has 1 rings (SSSR count). The van der Waals surface area contributed by atoms with Crippen LogP contribution < -0.4 is 16.4 Å². The van der Waals surface area contributed by atoms with E-state index in [0.29, 0.717) is 17.8 Å². The maximum atomic E-state index is 11.7. The van der Waals surface area contributed by atoms with Gasteiger partial charge in [0.15, 0.2) is 0 Å². The van der Waals surface area contributed by atoms with Crippen molar-refractivity contribution in [2.45, 2.75) is 6.92 Å². The maximum absolute atomic E-state index is 11.7. The Morgan fingerprint density at radius 3 is 2.76 bits per heavy atom. The molecule has 0 bridgehead atoms. The molecule has 1 aromatic carbocycles. The molecule has 21 heavy (non-hydrogen) atoms. The molecular weight excluding hydrogens is 268 g/mol. The van der Waals surface area contributed by atoms with Gasteiger partial charge in [0.1, 0.15) is 0 Å². The SMILES string of the molecule is CCNC(=O)c1ccc(NCCN(C)CCOC)c(N)c1. The Morgan fingerprint density at radius 2 is 2.14 bits per heavy atom. The van der Waals surface area contributed by atoms with Crippen molar-refractivity contribution in [3.05, 3.63) is 23.8 Å². The minimum Gasteiger partial charge on any atom is -0.397 e. The van der Waals surface area contributed by atoms with Gasteiger partial charge < -0.3 is 26.0 Å². The fourth-order valence-electron chi connectivity index (χ4n) is 1.87. The Bertz CT molecular complexity index is 451. The Labute approximate surface area is 126 Å². The number of amides is 1. The molecule has 6 heteroatoms. The topological polar surface area (TPSA) is 79.6 Å². The van der Waals surface area contributed by atoms with Crippen LogP contribution in [0.25, 0.3) is 0 Å². The number of hydrogen-bond donors (Lipinski definition) is 3. The van der Waals surface area contributed by atoms with Crippen LogP contribution in [-0.2, 0) is 4.74 Å². The number of anilines is 2. The molecule has 6 nitrogen and oxygen atoms in total. The third-order valence-corrected chi connectivity index (χ3v) is 3.14. The Kier molecular flexibility index (Phi) is 7.56. The summed E-state index contributed by atoms with van der Waals surface area (Å²) in [5, 5.41) is 6.03. The van der Waals surface area contributed by atoms with E-state index in [1.165, 1.54) is 0 Å². The zero-order valence-corrected chi connectivity index (χ0v) is 13.1. The highest BCUT2D eigenvalue weighted by atomic mass is 16.5. The van der Waals surface area contributed by atoms with E-state index in [4.69, 9.17) is 10.5 Å². The van der Waals surface area contributed by atoms with Crippen molar-refractivity contribution in [2.24, 2.45) is 0 Å². The zero-order chi connectivity index (χ0) is 15.7. The van der Waals surface area contributed by atoms with Gasteiger partial charge in [0.2, 0.25) is 0 Å².